The van der Waals surface area contributed by atoms with Gasteiger partial charge in [0.2, 0.25) is 6.19 Å². The Morgan fingerprint density at radius 3 is 2.33 bits per heavy atom. The Morgan fingerprint density at radius 1 is 1.67 bits per heavy atom. The Bertz CT molecular complexity index is 139. The maximum Gasteiger partial charge on any atom is 0.205 e. The van der Waals surface area contributed by atoms with E-state index in [9.17, 15) is 0 Å². The molecule has 2 heteroatoms. The minimum atomic E-state index is 0.412. The normalized spacial score (nSPS) is 11.7. The summed E-state index contributed by atoms with van der Waals surface area (Å²) in [5.41, 5.74) is 0.984. The molecular weight excluding hydrogens is 112 g/mol. The maximum atomic E-state index is 8.18. The molecule has 0 fully saturated rings. The van der Waals surface area contributed by atoms with Crippen LogP contribution in [0.3, 0.4) is 0 Å². The molecule has 0 aliphatic rings. The van der Waals surface area contributed by atoms with Gasteiger partial charge in [-0.3, -0.25) is 0 Å². The molecule has 0 N–H and O–H groups in total. The van der Waals surface area contributed by atoms with Crippen molar-refractivity contribution in [2.24, 2.45) is 10.9 Å². The molecule has 0 rings (SSSR count). The predicted octanol–water partition coefficient (Wildman–Crippen LogP) is 1.97. The SMILES string of the molecule is CC/C(=N\C#N)C(C)C. The second-order valence-electron chi connectivity index (χ2n) is 2.21. The molecule has 0 aromatic rings. The zero-order chi connectivity index (χ0) is 7.28. The fourth-order valence-corrected chi connectivity index (χ4v) is 0.681. The molecule has 0 saturated carbocycles. The van der Waals surface area contributed by atoms with Gasteiger partial charge in [-0.2, -0.15) is 10.3 Å². The van der Waals surface area contributed by atoms with E-state index in [0.717, 1.165) is 12.1 Å². The zero-order valence-electron chi connectivity index (χ0n) is 6.18. The summed E-state index contributed by atoms with van der Waals surface area (Å²) < 4.78 is 0. The van der Waals surface area contributed by atoms with Crippen molar-refractivity contribution < 1.29 is 0 Å². The quantitative estimate of drug-likeness (QED) is 0.409. The van der Waals surface area contributed by atoms with Crippen molar-refractivity contribution in [1.29, 1.82) is 5.26 Å². The summed E-state index contributed by atoms with van der Waals surface area (Å²) >= 11 is 0. The molecule has 9 heavy (non-hydrogen) atoms. The standard InChI is InChI=1S/C7H12N2/c1-4-7(6(2)3)9-5-8/h6H,4H2,1-3H3/b9-7+. The van der Waals surface area contributed by atoms with Crippen LogP contribution in [-0.4, -0.2) is 5.71 Å². The molecule has 0 bridgehead atoms. The third kappa shape index (κ3) is 2.86. The van der Waals surface area contributed by atoms with Crippen LogP contribution >= 0.6 is 0 Å². The van der Waals surface area contributed by atoms with Crippen molar-refractivity contribution in [2.45, 2.75) is 27.2 Å². The van der Waals surface area contributed by atoms with E-state index in [1.807, 2.05) is 20.8 Å². The van der Waals surface area contributed by atoms with Crippen LogP contribution in [0.4, 0.5) is 0 Å². The van der Waals surface area contributed by atoms with Crippen molar-refractivity contribution in [2.75, 3.05) is 0 Å². The molecule has 0 radical (unpaired) electrons. The van der Waals surface area contributed by atoms with Gasteiger partial charge in [0.15, 0.2) is 0 Å². The first-order valence-corrected chi connectivity index (χ1v) is 3.17. The van der Waals surface area contributed by atoms with Gasteiger partial charge in [0.25, 0.3) is 0 Å². The third-order valence-corrected chi connectivity index (χ3v) is 1.22. The molecule has 0 atom stereocenters. The molecule has 0 aliphatic heterocycles. The van der Waals surface area contributed by atoms with E-state index in [1.54, 1.807) is 6.19 Å². The van der Waals surface area contributed by atoms with Gasteiger partial charge in [-0.1, -0.05) is 20.8 Å². The molecule has 0 amide bonds. The van der Waals surface area contributed by atoms with Gasteiger partial charge >= 0.3 is 0 Å². The van der Waals surface area contributed by atoms with Crippen LogP contribution in [0.5, 0.6) is 0 Å². The molecule has 0 saturated heterocycles. The molecule has 0 heterocycles. The predicted molar refractivity (Wildman–Crippen MR) is 38.2 cm³/mol. The second-order valence-corrected chi connectivity index (χ2v) is 2.21. The van der Waals surface area contributed by atoms with Crippen molar-refractivity contribution in [3.8, 4) is 6.19 Å². The van der Waals surface area contributed by atoms with Gasteiger partial charge in [0.1, 0.15) is 0 Å². The highest BCUT2D eigenvalue weighted by Crippen LogP contribution is 1.99. The first kappa shape index (κ1) is 8.16. The smallest absolute Gasteiger partial charge is 0.182 e. The van der Waals surface area contributed by atoms with Crippen molar-refractivity contribution in [1.82, 2.24) is 0 Å². The molecule has 0 aliphatic carbocycles. The maximum absolute atomic E-state index is 8.18. The number of aliphatic imine (C=N–C) groups is 1. The minimum absolute atomic E-state index is 0.412. The van der Waals surface area contributed by atoms with Crippen molar-refractivity contribution in [3.05, 3.63) is 0 Å². The summed E-state index contributed by atoms with van der Waals surface area (Å²) in [6, 6.07) is 0. The Morgan fingerprint density at radius 2 is 2.22 bits per heavy atom. The van der Waals surface area contributed by atoms with Crippen LogP contribution in [-0.2, 0) is 0 Å². The van der Waals surface area contributed by atoms with E-state index in [2.05, 4.69) is 4.99 Å². The van der Waals surface area contributed by atoms with Crippen molar-refractivity contribution >= 4 is 5.71 Å². The number of hydrogen-bond acceptors (Lipinski definition) is 2. The highest BCUT2D eigenvalue weighted by molar-refractivity contribution is 5.86. The fraction of sp³-hybridized carbons (Fsp3) is 0.714. The highest BCUT2D eigenvalue weighted by Gasteiger charge is 1.99. The first-order chi connectivity index (χ1) is 4.22. The average molecular weight is 124 g/mol. The van der Waals surface area contributed by atoms with E-state index in [-0.39, 0.29) is 0 Å². The molecule has 2 nitrogen and oxygen atoms in total. The van der Waals surface area contributed by atoms with Gasteiger partial charge in [-0.15, -0.1) is 0 Å². The van der Waals surface area contributed by atoms with Crippen LogP contribution in [0.2, 0.25) is 0 Å². The Labute approximate surface area is 56.2 Å². The largest absolute Gasteiger partial charge is 0.205 e. The van der Waals surface area contributed by atoms with Gasteiger partial charge in [-0.05, 0) is 12.3 Å². The molecule has 0 spiro atoms. The molecule has 0 aromatic carbocycles. The van der Waals surface area contributed by atoms with Gasteiger partial charge in [0, 0.05) is 5.71 Å². The van der Waals surface area contributed by atoms with Gasteiger partial charge in [0.05, 0.1) is 0 Å². The van der Waals surface area contributed by atoms with E-state index < -0.39 is 0 Å². The summed E-state index contributed by atoms with van der Waals surface area (Å²) in [7, 11) is 0. The monoisotopic (exact) mass is 124 g/mol. The molecule has 50 valence electrons. The summed E-state index contributed by atoms with van der Waals surface area (Å²) in [5.74, 6) is 0.412. The van der Waals surface area contributed by atoms with Crippen molar-refractivity contribution in [3.63, 3.8) is 0 Å². The van der Waals surface area contributed by atoms with Gasteiger partial charge < -0.3 is 0 Å². The topological polar surface area (TPSA) is 36.1 Å². The summed E-state index contributed by atoms with van der Waals surface area (Å²) in [6.45, 7) is 6.09. The van der Waals surface area contributed by atoms with Gasteiger partial charge in [-0.25, -0.2) is 0 Å². The van der Waals surface area contributed by atoms with E-state index >= 15 is 0 Å². The lowest BCUT2D eigenvalue weighted by Gasteiger charge is -2.02. The first-order valence-electron chi connectivity index (χ1n) is 3.17. The number of nitriles is 1. The lowest BCUT2D eigenvalue weighted by Crippen LogP contribution is -2.04. The summed E-state index contributed by atoms with van der Waals surface area (Å²) in [4.78, 5) is 3.66. The highest BCUT2D eigenvalue weighted by atomic mass is 14.7. The van der Waals surface area contributed by atoms with Crippen LogP contribution in [0.15, 0.2) is 4.99 Å². The fourth-order valence-electron chi connectivity index (χ4n) is 0.681. The van der Waals surface area contributed by atoms with Crippen LogP contribution in [0, 0.1) is 17.4 Å². The molecular formula is C7H12N2. The number of rotatable bonds is 2. The van der Waals surface area contributed by atoms with Crippen LogP contribution in [0.1, 0.15) is 27.2 Å². The Hall–Kier alpha value is -0.840. The third-order valence-electron chi connectivity index (χ3n) is 1.22. The Kier molecular flexibility index (Phi) is 3.70. The second kappa shape index (κ2) is 4.08. The lowest BCUT2D eigenvalue weighted by molar-refractivity contribution is 0.858. The number of hydrogen-bond donors (Lipinski definition) is 0. The summed E-state index contributed by atoms with van der Waals surface area (Å²) in [5, 5.41) is 8.18. The average Bonchev–Trinajstić information content (AvgIpc) is 1.82. The van der Waals surface area contributed by atoms with E-state index in [0.29, 0.717) is 5.92 Å². The molecule has 0 unspecified atom stereocenters. The van der Waals surface area contributed by atoms with E-state index in [4.69, 9.17) is 5.26 Å². The summed E-state index contributed by atoms with van der Waals surface area (Å²) in [6.07, 6.45) is 2.67. The molecule has 0 aromatic heterocycles. The number of nitrogens with zero attached hydrogens (tertiary/aromatic N) is 2. The van der Waals surface area contributed by atoms with E-state index in [1.165, 1.54) is 0 Å². The van der Waals surface area contributed by atoms with Crippen LogP contribution < -0.4 is 0 Å². The van der Waals surface area contributed by atoms with Crippen LogP contribution in [0.25, 0.3) is 0 Å². The zero-order valence-corrected chi connectivity index (χ0v) is 6.18. The Balaban J connectivity index is 4.02. The lowest BCUT2D eigenvalue weighted by atomic mass is 10.1. The minimum Gasteiger partial charge on any atom is -0.182 e.